The van der Waals surface area contributed by atoms with Crippen molar-refractivity contribution in [3.05, 3.63) is 75.3 Å². The molecule has 0 aliphatic carbocycles. The Morgan fingerprint density at radius 2 is 1.81 bits per heavy atom. The molecule has 0 saturated carbocycles. The number of benzene rings is 2. The van der Waals surface area contributed by atoms with E-state index in [1.165, 1.54) is 17.4 Å². The topological polar surface area (TPSA) is 42.0 Å². The van der Waals surface area contributed by atoms with Gasteiger partial charge >= 0.3 is 0 Å². The van der Waals surface area contributed by atoms with Crippen molar-refractivity contribution in [1.29, 1.82) is 0 Å². The summed E-state index contributed by atoms with van der Waals surface area (Å²) in [6.07, 6.45) is 0.527. The first-order valence-corrected chi connectivity index (χ1v) is 9.09. The van der Waals surface area contributed by atoms with Crippen molar-refractivity contribution in [2.45, 2.75) is 13.3 Å². The van der Waals surface area contributed by atoms with Crippen molar-refractivity contribution in [3.63, 3.8) is 0 Å². The Morgan fingerprint density at radius 3 is 2.46 bits per heavy atom. The van der Waals surface area contributed by atoms with Gasteiger partial charge in [-0.05, 0) is 31.2 Å². The number of hydrogen-bond donors (Lipinski definition) is 1. The quantitative estimate of drug-likeness (QED) is 0.662. The summed E-state index contributed by atoms with van der Waals surface area (Å²) < 4.78 is 27.2. The SMILES string of the molecule is Cc1nc(-c2ccc(Cl)cc2)sc1CCNC(=O)c1c(F)cccc1F. The third-order valence-electron chi connectivity index (χ3n) is 3.81. The number of hydrogen-bond acceptors (Lipinski definition) is 3. The van der Waals surface area contributed by atoms with Gasteiger partial charge in [-0.1, -0.05) is 29.8 Å². The van der Waals surface area contributed by atoms with E-state index in [0.717, 1.165) is 33.3 Å². The number of nitrogens with one attached hydrogen (secondary N) is 1. The first-order chi connectivity index (χ1) is 12.5. The van der Waals surface area contributed by atoms with Crippen molar-refractivity contribution >= 4 is 28.8 Å². The van der Waals surface area contributed by atoms with E-state index in [-0.39, 0.29) is 6.54 Å². The summed E-state index contributed by atoms with van der Waals surface area (Å²) in [5.74, 6) is -2.51. The highest BCUT2D eigenvalue weighted by molar-refractivity contribution is 7.15. The Hall–Kier alpha value is -2.31. The monoisotopic (exact) mass is 392 g/mol. The molecule has 2 aromatic carbocycles. The Labute approximate surface area is 158 Å². The molecule has 0 aliphatic heterocycles. The van der Waals surface area contributed by atoms with E-state index in [1.54, 1.807) is 12.1 Å². The molecule has 0 bridgehead atoms. The van der Waals surface area contributed by atoms with Crippen molar-refractivity contribution in [1.82, 2.24) is 10.3 Å². The first kappa shape index (κ1) is 18.5. The molecule has 26 heavy (non-hydrogen) atoms. The van der Waals surface area contributed by atoms with Crippen LogP contribution in [0.3, 0.4) is 0 Å². The molecule has 0 unspecified atom stereocenters. The fourth-order valence-electron chi connectivity index (χ4n) is 2.47. The second-order valence-electron chi connectivity index (χ2n) is 5.64. The molecule has 1 amide bonds. The zero-order valence-corrected chi connectivity index (χ0v) is 15.4. The van der Waals surface area contributed by atoms with Gasteiger partial charge in [0.15, 0.2) is 0 Å². The second-order valence-corrected chi connectivity index (χ2v) is 7.16. The van der Waals surface area contributed by atoms with Crippen LogP contribution < -0.4 is 5.32 Å². The number of carbonyl (C=O) groups is 1. The number of aryl methyl sites for hydroxylation is 1. The van der Waals surface area contributed by atoms with Crippen LogP contribution >= 0.6 is 22.9 Å². The lowest BCUT2D eigenvalue weighted by Gasteiger charge is -2.06. The molecule has 0 aliphatic rings. The molecule has 0 radical (unpaired) electrons. The average Bonchev–Trinajstić information content (AvgIpc) is 2.96. The number of nitrogens with zero attached hydrogens (tertiary/aromatic N) is 1. The highest BCUT2D eigenvalue weighted by Gasteiger charge is 2.17. The molecule has 1 heterocycles. The number of amides is 1. The van der Waals surface area contributed by atoms with Gasteiger partial charge in [0.25, 0.3) is 5.91 Å². The van der Waals surface area contributed by atoms with E-state index in [2.05, 4.69) is 10.3 Å². The molecular formula is C19H15ClF2N2OS. The summed E-state index contributed by atoms with van der Waals surface area (Å²) in [6, 6.07) is 10.7. The second kappa shape index (κ2) is 7.93. The number of rotatable bonds is 5. The number of aromatic nitrogens is 1. The van der Waals surface area contributed by atoms with Crippen molar-refractivity contribution < 1.29 is 13.6 Å². The van der Waals surface area contributed by atoms with E-state index in [9.17, 15) is 13.6 Å². The fourth-order valence-corrected chi connectivity index (χ4v) is 3.66. The fraction of sp³-hybridized carbons (Fsp3) is 0.158. The van der Waals surface area contributed by atoms with Crippen LogP contribution in [0.2, 0.25) is 5.02 Å². The van der Waals surface area contributed by atoms with Gasteiger partial charge < -0.3 is 5.32 Å². The van der Waals surface area contributed by atoms with Crippen LogP contribution in [0.5, 0.6) is 0 Å². The Bertz CT molecular complexity index is 921. The first-order valence-electron chi connectivity index (χ1n) is 7.90. The highest BCUT2D eigenvalue weighted by Crippen LogP contribution is 2.29. The molecule has 0 saturated heterocycles. The predicted molar refractivity (Wildman–Crippen MR) is 99.7 cm³/mol. The van der Waals surface area contributed by atoms with E-state index in [0.29, 0.717) is 11.4 Å². The standard InChI is InChI=1S/C19H15ClF2N2OS/c1-11-16(26-19(24-11)12-5-7-13(20)8-6-12)9-10-23-18(25)17-14(21)3-2-4-15(17)22/h2-8H,9-10H2,1H3,(H,23,25). The van der Waals surface area contributed by atoms with E-state index < -0.39 is 23.1 Å². The van der Waals surface area contributed by atoms with E-state index in [1.807, 2.05) is 19.1 Å². The van der Waals surface area contributed by atoms with Crippen LogP contribution in [0.4, 0.5) is 8.78 Å². The molecule has 134 valence electrons. The maximum Gasteiger partial charge on any atom is 0.257 e. The van der Waals surface area contributed by atoms with Crippen LogP contribution in [-0.4, -0.2) is 17.4 Å². The average molecular weight is 393 g/mol. The summed E-state index contributed by atoms with van der Waals surface area (Å²) in [4.78, 5) is 17.5. The molecule has 3 rings (SSSR count). The maximum absolute atomic E-state index is 13.6. The number of thiazole rings is 1. The molecule has 0 fully saturated rings. The van der Waals surface area contributed by atoms with Crippen LogP contribution in [0.15, 0.2) is 42.5 Å². The Balaban J connectivity index is 1.65. The molecule has 1 aromatic heterocycles. The number of carbonyl (C=O) groups excluding carboxylic acids is 1. The van der Waals surface area contributed by atoms with Crippen molar-refractivity contribution in [2.75, 3.05) is 6.54 Å². The summed E-state index contributed by atoms with van der Waals surface area (Å²) in [7, 11) is 0. The normalized spacial score (nSPS) is 10.8. The lowest BCUT2D eigenvalue weighted by molar-refractivity contribution is 0.0945. The van der Waals surface area contributed by atoms with Gasteiger partial charge in [-0.2, -0.15) is 0 Å². The zero-order valence-electron chi connectivity index (χ0n) is 13.9. The Kier molecular flexibility index (Phi) is 5.64. The van der Waals surface area contributed by atoms with Gasteiger partial charge in [0.1, 0.15) is 22.2 Å². The van der Waals surface area contributed by atoms with Gasteiger partial charge in [0.05, 0.1) is 5.69 Å². The van der Waals surface area contributed by atoms with Crippen molar-refractivity contribution in [3.8, 4) is 10.6 Å². The lowest BCUT2D eigenvalue weighted by atomic mass is 10.2. The minimum absolute atomic E-state index is 0.260. The van der Waals surface area contributed by atoms with Gasteiger partial charge in [-0.3, -0.25) is 4.79 Å². The largest absolute Gasteiger partial charge is 0.351 e. The smallest absolute Gasteiger partial charge is 0.257 e. The number of halogens is 3. The summed E-state index contributed by atoms with van der Waals surface area (Å²) >= 11 is 7.41. The summed E-state index contributed by atoms with van der Waals surface area (Å²) in [5, 5.41) is 4.07. The van der Waals surface area contributed by atoms with Gasteiger partial charge in [0, 0.05) is 28.4 Å². The minimum Gasteiger partial charge on any atom is -0.351 e. The van der Waals surface area contributed by atoms with Gasteiger partial charge in [0.2, 0.25) is 0 Å². The van der Waals surface area contributed by atoms with Crippen LogP contribution in [0.1, 0.15) is 20.9 Å². The summed E-state index contributed by atoms with van der Waals surface area (Å²) in [5.41, 5.74) is 1.27. The van der Waals surface area contributed by atoms with Crippen molar-refractivity contribution in [2.24, 2.45) is 0 Å². The van der Waals surface area contributed by atoms with E-state index in [4.69, 9.17) is 11.6 Å². The molecule has 0 spiro atoms. The molecule has 3 aromatic rings. The maximum atomic E-state index is 13.6. The summed E-state index contributed by atoms with van der Waals surface area (Å²) in [6.45, 7) is 2.15. The van der Waals surface area contributed by atoms with Gasteiger partial charge in [-0.25, -0.2) is 13.8 Å². The third kappa shape index (κ3) is 4.08. The zero-order chi connectivity index (χ0) is 18.7. The highest BCUT2D eigenvalue weighted by atomic mass is 35.5. The molecule has 7 heteroatoms. The molecule has 3 nitrogen and oxygen atoms in total. The van der Waals surface area contributed by atoms with Crippen LogP contribution in [0.25, 0.3) is 10.6 Å². The molecule has 1 N–H and O–H groups in total. The molecule has 0 atom stereocenters. The van der Waals surface area contributed by atoms with E-state index >= 15 is 0 Å². The Morgan fingerprint density at radius 1 is 1.15 bits per heavy atom. The third-order valence-corrected chi connectivity index (χ3v) is 5.33. The molecular weight excluding hydrogens is 378 g/mol. The van der Waals surface area contributed by atoms with Crippen LogP contribution in [-0.2, 0) is 6.42 Å². The lowest BCUT2D eigenvalue weighted by Crippen LogP contribution is -2.27. The predicted octanol–water partition coefficient (Wildman–Crippen LogP) is 5.02. The van der Waals surface area contributed by atoms with Gasteiger partial charge in [-0.15, -0.1) is 11.3 Å². The van der Waals surface area contributed by atoms with Crippen LogP contribution in [0, 0.1) is 18.6 Å². The minimum atomic E-state index is -0.874.